The van der Waals surface area contributed by atoms with Crippen molar-refractivity contribution < 1.29 is 4.52 Å². The van der Waals surface area contributed by atoms with Crippen LogP contribution in [0.4, 0.5) is 0 Å². The fraction of sp³-hybridized carbons (Fsp3) is 0.211. The van der Waals surface area contributed by atoms with Crippen molar-refractivity contribution in [3.05, 3.63) is 66.1 Å². The molecule has 0 radical (unpaired) electrons. The number of aromatic nitrogens is 6. The summed E-state index contributed by atoms with van der Waals surface area (Å²) in [5.74, 6) is 1.93. The number of rotatable bonds is 5. The molecular weight excluding hydrogens is 360 g/mol. The van der Waals surface area contributed by atoms with Crippen molar-refractivity contribution in [3.63, 3.8) is 0 Å². The second-order valence-corrected chi connectivity index (χ2v) is 7.46. The van der Waals surface area contributed by atoms with Crippen LogP contribution >= 0.6 is 11.8 Å². The van der Waals surface area contributed by atoms with Crippen LogP contribution in [0, 0.1) is 13.8 Å². The van der Waals surface area contributed by atoms with E-state index < -0.39 is 0 Å². The van der Waals surface area contributed by atoms with E-state index >= 15 is 0 Å². The van der Waals surface area contributed by atoms with Gasteiger partial charge in [0, 0.05) is 23.6 Å². The predicted octanol–water partition coefficient (Wildman–Crippen LogP) is 4.18. The van der Waals surface area contributed by atoms with E-state index in [2.05, 4.69) is 44.4 Å². The number of nitrogens with zero attached hydrogens (tertiary/aromatic N) is 6. The molecule has 3 heterocycles. The number of pyridine rings is 1. The van der Waals surface area contributed by atoms with Gasteiger partial charge in [0.05, 0.1) is 5.25 Å². The fourth-order valence-corrected chi connectivity index (χ4v) is 3.65. The third-order valence-corrected chi connectivity index (χ3v) is 5.10. The lowest BCUT2D eigenvalue weighted by atomic mass is 10.2. The molecule has 0 amide bonds. The number of hydrogen-bond acceptors (Lipinski definition) is 7. The highest BCUT2D eigenvalue weighted by atomic mass is 32.2. The summed E-state index contributed by atoms with van der Waals surface area (Å²) in [5, 5.41) is 13.4. The maximum absolute atomic E-state index is 5.46. The van der Waals surface area contributed by atoms with E-state index in [1.807, 2.05) is 42.7 Å². The van der Waals surface area contributed by atoms with Gasteiger partial charge in [-0.05, 0) is 50.6 Å². The minimum atomic E-state index is -0.0692. The van der Waals surface area contributed by atoms with Gasteiger partial charge in [0.15, 0.2) is 5.16 Å². The predicted molar refractivity (Wildman–Crippen MR) is 103 cm³/mol. The van der Waals surface area contributed by atoms with Gasteiger partial charge in [-0.25, -0.2) is 0 Å². The van der Waals surface area contributed by atoms with E-state index in [0.29, 0.717) is 11.7 Å². The second-order valence-electron chi connectivity index (χ2n) is 6.16. The SMILES string of the molecule is Cc1cccc(-n2c(C)nnc2SC(C)c2nc(-c3ccncc3)no2)c1. The van der Waals surface area contributed by atoms with Gasteiger partial charge in [0.25, 0.3) is 0 Å². The molecule has 0 bridgehead atoms. The van der Waals surface area contributed by atoms with Crippen molar-refractivity contribution in [3.8, 4) is 17.1 Å². The molecule has 4 aromatic rings. The Bertz CT molecular complexity index is 1060. The molecule has 0 spiro atoms. The Morgan fingerprint density at radius 2 is 1.89 bits per heavy atom. The molecule has 1 atom stereocenters. The van der Waals surface area contributed by atoms with E-state index in [9.17, 15) is 0 Å². The summed E-state index contributed by atoms with van der Waals surface area (Å²) in [7, 11) is 0. The highest BCUT2D eigenvalue weighted by Gasteiger charge is 2.21. The molecule has 4 rings (SSSR count). The zero-order chi connectivity index (χ0) is 18.8. The number of thioether (sulfide) groups is 1. The zero-order valence-electron chi connectivity index (χ0n) is 15.2. The first-order valence-corrected chi connectivity index (χ1v) is 9.39. The molecule has 136 valence electrons. The van der Waals surface area contributed by atoms with Gasteiger partial charge in [-0.1, -0.05) is 29.1 Å². The van der Waals surface area contributed by atoms with Crippen molar-refractivity contribution >= 4 is 11.8 Å². The van der Waals surface area contributed by atoms with Crippen LogP contribution in [0.1, 0.15) is 29.5 Å². The Balaban J connectivity index is 1.59. The highest BCUT2D eigenvalue weighted by molar-refractivity contribution is 7.99. The topological polar surface area (TPSA) is 82.5 Å². The van der Waals surface area contributed by atoms with Crippen molar-refractivity contribution in [1.29, 1.82) is 0 Å². The molecule has 1 unspecified atom stereocenters. The van der Waals surface area contributed by atoms with Crippen molar-refractivity contribution in [1.82, 2.24) is 29.9 Å². The molecule has 0 N–H and O–H groups in total. The molecule has 0 saturated heterocycles. The summed E-state index contributed by atoms with van der Waals surface area (Å²) < 4.78 is 7.50. The molecule has 3 aromatic heterocycles. The molecule has 0 aliphatic rings. The molecule has 27 heavy (non-hydrogen) atoms. The summed E-state index contributed by atoms with van der Waals surface area (Å²) in [4.78, 5) is 8.52. The summed E-state index contributed by atoms with van der Waals surface area (Å²) in [6, 6.07) is 12.0. The van der Waals surface area contributed by atoms with Gasteiger partial charge >= 0.3 is 0 Å². The third kappa shape index (κ3) is 3.61. The first-order chi connectivity index (χ1) is 13.1. The molecule has 0 aliphatic carbocycles. The quantitative estimate of drug-likeness (QED) is 0.482. The van der Waals surface area contributed by atoms with Gasteiger partial charge in [0.1, 0.15) is 5.82 Å². The molecule has 8 heteroatoms. The van der Waals surface area contributed by atoms with E-state index in [1.54, 1.807) is 12.4 Å². The van der Waals surface area contributed by atoms with Crippen LogP contribution in [0.2, 0.25) is 0 Å². The van der Waals surface area contributed by atoms with Crippen molar-refractivity contribution in [2.45, 2.75) is 31.2 Å². The Morgan fingerprint density at radius 3 is 2.67 bits per heavy atom. The Morgan fingerprint density at radius 1 is 1.07 bits per heavy atom. The average Bonchev–Trinajstić information content (AvgIpc) is 3.30. The van der Waals surface area contributed by atoms with Crippen LogP contribution in [0.3, 0.4) is 0 Å². The largest absolute Gasteiger partial charge is 0.338 e. The average molecular weight is 378 g/mol. The number of aryl methyl sites for hydroxylation is 2. The number of benzene rings is 1. The van der Waals surface area contributed by atoms with Gasteiger partial charge in [-0.15, -0.1) is 10.2 Å². The van der Waals surface area contributed by atoms with Crippen molar-refractivity contribution in [2.24, 2.45) is 0 Å². The van der Waals surface area contributed by atoms with Crippen LogP contribution in [-0.4, -0.2) is 29.9 Å². The maximum Gasteiger partial charge on any atom is 0.240 e. The Labute approximate surface area is 160 Å². The van der Waals surface area contributed by atoms with Crippen LogP contribution in [0.25, 0.3) is 17.1 Å². The van der Waals surface area contributed by atoms with Gasteiger partial charge in [-0.3, -0.25) is 9.55 Å². The van der Waals surface area contributed by atoms with E-state index in [4.69, 9.17) is 4.52 Å². The third-order valence-electron chi connectivity index (χ3n) is 4.07. The standard InChI is InChI=1S/C19H18N6OS/c1-12-5-4-6-16(11-12)25-14(3)22-23-19(25)27-13(2)18-21-17(24-26-18)15-7-9-20-10-8-15/h4-11,13H,1-3H3. The number of hydrogen-bond donors (Lipinski definition) is 0. The molecule has 1 aromatic carbocycles. The molecule has 7 nitrogen and oxygen atoms in total. The van der Waals surface area contributed by atoms with E-state index in [1.165, 1.54) is 17.3 Å². The maximum atomic E-state index is 5.46. The van der Waals surface area contributed by atoms with E-state index in [-0.39, 0.29) is 5.25 Å². The lowest BCUT2D eigenvalue weighted by Gasteiger charge is -2.10. The summed E-state index contributed by atoms with van der Waals surface area (Å²) in [6.45, 7) is 6.02. The minimum absolute atomic E-state index is 0.0692. The Hall–Kier alpha value is -3.00. The van der Waals surface area contributed by atoms with Gasteiger partial charge in [-0.2, -0.15) is 4.98 Å². The van der Waals surface area contributed by atoms with Gasteiger partial charge < -0.3 is 4.52 Å². The van der Waals surface area contributed by atoms with Crippen LogP contribution in [-0.2, 0) is 0 Å². The van der Waals surface area contributed by atoms with Crippen LogP contribution in [0.15, 0.2) is 58.5 Å². The lowest BCUT2D eigenvalue weighted by Crippen LogP contribution is -2.01. The molecule has 0 saturated carbocycles. The highest BCUT2D eigenvalue weighted by Crippen LogP contribution is 2.35. The van der Waals surface area contributed by atoms with Gasteiger partial charge in [0.2, 0.25) is 11.7 Å². The first kappa shape index (κ1) is 17.4. The smallest absolute Gasteiger partial charge is 0.240 e. The van der Waals surface area contributed by atoms with E-state index in [0.717, 1.165) is 22.2 Å². The minimum Gasteiger partial charge on any atom is -0.338 e. The first-order valence-electron chi connectivity index (χ1n) is 8.51. The summed E-state index contributed by atoms with van der Waals surface area (Å²) in [5.41, 5.74) is 3.09. The molecule has 0 aliphatic heterocycles. The molecule has 0 fully saturated rings. The summed E-state index contributed by atoms with van der Waals surface area (Å²) >= 11 is 1.53. The monoisotopic (exact) mass is 378 g/mol. The fourth-order valence-electron chi connectivity index (χ4n) is 2.71. The van der Waals surface area contributed by atoms with Crippen molar-refractivity contribution in [2.75, 3.05) is 0 Å². The lowest BCUT2D eigenvalue weighted by molar-refractivity contribution is 0.380. The Kier molecular flexibility index (Phi) is 4.72. The summed E-state index contributed by atoms with van der Waals surface area (Å²) in [6.07, 6.45) is 3.41. The van der Waals surface area contributed by atoms with Crippen LogP contribution < -0.4 is 0 Å². The van der Waals surface area contributed by atoms with Crippen LogP contribution in [0.5, 0.6) is 0 Å². The molecular formula is C19H18N6OS. The zero-order valence-corrected chi connectivity index (χ0v) is 16.0. The normalized spacial score (nSPS) is 12.3. The second kappa shape index (κ2) is 7.32.